The number of alkyl halides is 1. The molecule has 1 fully saturated rings. The molecule has 0 aromatic heterocycles. The number of rotatable bonds is 4. The van der Waals surface area contributed by atoms with Crippen molar-refractivity contribution in [2.45, 2.75) is 38.9 Å². The van der Waals surface area contributed by atoms with Crippen LogP contribution in [0.2, 0.25) is 0 Å². The summed E-state index contributed by atoms with van der Waals surface area (Å²) < 4.78 is 0. The Kier molecular flexibility index (Phi) is 3.50. The highest BCUT2D eigenvalue weighted by Crippen LogP contribution is 2.71. The molecule has 0 amide bonds. The van der Waals surface area contributed by atoms with Crippen molar-refractivity contribution in [3.05, 3.63) is 39.9 Å². The molecule has 2 rings (SSSR count). The Labute approximate surface area is 122 Å². The largest absolute Gasteiger partial charge is 0.272 e. The van der Waals surface area contributed by atoms with Gasteiger partial charge < -0.3 is 0 Å². The lowest BCUT2D eigenvalue weighted by atomic mass is 10.0. The first-order valence-electron chi connectivity index (χ1n) is 6.56. The Morgan fingerprint density at radius 2 is 1.79 bits per heavy atom. The summed E-state index contributed by atoms with van der Waals surface area (Å²) >= 11 is 3.75. The van der Waals surface area contributed by atoms with Gasteiger partial charge in [0.15, 0.2) is 0 Å². The molecule has 1 atom stereocenters. The molecule has 104 valence electrons. The van der Waals surface area contributed by atoms with E-state index >= 15 is 0 Å². The summed E-state index contributed by atoms with van der Waals surface area (Å²) in [6.45, 7) is 9.08. The smallest absolute Gasteiger partial charge is 0.258 e. The highest BCUT2D eigenvalue weighted by Gasteiger charge is 2.66. The number of para-hydroxylation sites is 1. The fourth-order valence-electron chi connectivity index (χ4n) is 3.34. The van der Waals surface area contributed by atoms with Crippen LogP contribution in [-0.4, -0.2) is 9.75 Å². The van der Waals surface area contributed by atoms with Crippen molar-refractivity contribution in [1.29, 1.82) is 0 Å². The van der Waals surface area contributed by atoms with E-state index < -0.39 is 0 Å². The van der Waals surface area contributed by atoms with Crippen LogP contribution in [0.4, 0.5) is 5.69 Å². The van der Waals surface area contributed by atoms with Crippen LogP contribution < -0.4 is 0 Å². The maximum absolute atomic E-state index is 11.0. The normalized spacial score (nSPS) is 21.9. The van der Waals surface area contributed by atoms with Gasteiger partial charge in [-0.2, -0.15) is 0 Å². The molecule has 0 aliphatic heterocycles. The molecule has 0 heterocycles. The average molecular weight is 326 g/mol. The molecule has 1 aliphatic carbocycles. The third-order valence-electron chi connectivity index (χ3n) is 5.10. The molecule has 0 saturated heterocycles. The van der Waals surface area contributed by atoms with Crippen LogP contribution in [0, 0.1) is 26.9 Å². The van der Waals surface area contributed by atoms with Crippen LogP contribution in [0.5, 0.6) is 0 Å². The van der Waals surface area contributed by atoms with Gasteiger partial charge in [-0.1, -0.05) is 61.8 Å². The number of nitro groups is 1. The lowest BCUT2D eigenvalue weighted by molar-refractivity contribution is -0.385. The zero-order valence-corrected chi connectivity index (χ0v) is 13.4. The Hall–Kier alpha value is -0.900. The summed E-state index contributed by atoms with van der Waals surface area (Å²) in [6, 6.07) is 7.02. The number of nitrogens with zero attached hydrogens (tertiary/aromatic N) is 1. The molecular formula is C15H20BrNO2. The number of hydrogen-bond donors (Lipinski definition) is 0. The highest BCUT2D eigenvalue weighted by atomic mass is 79.9. The molecular weight excluding hydrogens is 306 g/mol. The second kappa shape index (κ2) is 4.58. The topological polar surface area (TPSA) is 43.1 Å². The summed E-state index contributed by atoms with van der Waals surface area (Å²) in [4.78, 5) is 11.0. The van der Waals surface area contributed by atoms with Gasteiger partial charge >= 0.3 is 0 Å². The van der Waals surface area contributed by atoms with E-state index in [9.17, 15) is 10.1 Å². The van der Waals surface area contributed by atoms with Crippen LogP contribution >= 0.6 is 15.9 Å². The molecule has 0 spiro atoms. The van der Waals surface area contributed by atoms with Crippen molar-refractivity contribution in [2.75, 3.05) is 0 Å². The minimum atomic E-state index is -0.293. The predicted octanol–water partition coefficient (Wildman–Crippen LogP) is 4.58. The fourth-order valence-corrected chi connectivity index (χ4v) is 5.01. The van der Waals surface area contributed by atoms with E-state index in [0.717, 1.165) is 5.56 Å². The predicted molar refractivity (Wildman–Crippen MR) is 80.6 cm³/mol. The minimum absolute atomic E-state index is 0.225. The first kappa shape index (κ1) is 14.5. The Morgan fingerprint density at radius 3 is 2.26 bits per heavy atom. The van der Waals surface area contributed by atoms with Gasteiger partial charge in [0, 0.05) is 16.5 Å². The standard InChI is InChI=1S/C15H20BrNO2/c1-14(2)13(15(14,3)4)11(16)9-10-7-5-6-8-12(10)17(18)19/h5-8,11,13H,9H2,1-4H3. The van der Waals surface area contributed by atoms with E-state index in [0.29, 0.717) is 12.3 Å². The molecule has 1 saturated carbocycles. The molecule has 1 aromatic carbocycles. The molecule has 1 aromatic rings. The quantitative estimate of drug-likeness (QED) is 0.462. The van der Waals surface area contributed by atoms with Crippen LogP contribution in [0.15, 0.2) is 24.3 Å². The molecule has 0 N–H and O–H groups in total. The third kappa shape index (κ3) is 2.31. The van der Waals surface area contributed by atoms with E-state index in [2.05, 4.69) is 43.6 Å². The van der Waals surface area contributed by atoms with E-state index in [1.165, 1.54) is 0 Å². The lowest BCUT2D eigenvalue weighted by Crippen LogP contribution is -2.11. The van der Waals surface area contributed by atoms with Gasteiger partial charge in [0.1, 0.15) is 0 Å². The molecule has 3 nitrogen and oxygen atoms in total. The summed E-state index contributed by atoms with van der Waals surface area (Å²) in [5.41, 5.74) is 1.60. The van der Waals surface area contributed by atoms with E-state index in [4.69, 9.17) is 0 Å². The SMILES string of the molecule is CC1(C)C(C(Br)Cc2ccccc2[N+](=O)[O-])C1(C)C. The monoisotopic (exact) mass is 325 g/mol. The van der Waals surface area contributed by atoms with Crippen molar-refractivity contribution in [3.63, 3.8) is 0 Å². The van der Waals surface area contributed by atoms with Gasteiger partial charge in [-0.3, -0.25) is 10.1 Å². The molecule has 1 unspecified atom stereocenters. The number of halogens is 1. The van der Waals surface area contributed by atoms with Crippen molar-refractivity contribution >= 4 is 21.6 Å². The van der Waals surface area contributed by atoms with Crippen molar-refractivity contribution in [2.24, 2.45) is 16.7 Å². The first-order chi connectivity index (χ1) is 8.69. The van der Waals surface area contributed by atoms with Crippen LogP contribution in [0.1, 0.15) is 33.3 Å². The van der Waals surface area contributed by atoms with Gasteiger partial charge in [0.2, 0.25) is 0 Å². The van der Waals surface area contributed by atoms with Crippen LogP contribution in [0.3, 0.4) is 0 Å². The molecule has 0 bridgehead atoms. The Bertz CT molecular complexity index is 497. The molecule has 19 heavy (non-hydrogen) atoms. The van der Waals surface area contributed by atoms with Crippen LogP contribution in [0.25, 0.3) is 0 Å². The van der Waals surface area contributed by atoms with E-state index in [1.807, 2.05) is 12.1 Å². The lowest BCUT2D eigenvalue weighted by Gasteiger charge is -2.12. The first-order valence-corrected chi connectivity index (χ1v) is 7.47. The molecule has 1 aliphatic rings. The van der Waals surface area contributed by atoms with Crippen molar-refractivity contribution in [3.8, 4) is 0 Å². The van der Waals surface area contributed by atoms with Gasteiger partial charge in [-0.25, -0.2) is 0 Å². The van der Waals surface area contributed by atoms with Crippen LogP contribution in [-0.2, 0) is 6.42 Å². The molecule has 4 heteroatoms. The fraction of sp³-hybridized carbons (Fsp3) is 0.600. The molecule has 0 radical (unpaired) electrons. The van der Waals surface area contributed by atoms with E-state index in [-0.39, 0.29) is 26.3 Å². The second-order valence-corrected chi connectivity index (χ2v) is 7.70. The van der Waals surface area contributed by atoms with Gasteiger partial charge in [0.05, 0.1) is 4.92 Å². The second-order valence-electron chi connectivity index (χ2n) is 6.53. The van der Waals surface area contributed by atoms with Crippen molar-refractivity contribution in [1.82, 2.24) is 0 Å². The maximum Gasteiger partial charge on any atom is 0.272 e. The zero-order valence-electron chi connectivity index (χ0n) is 11.8. The van der Waals surface area contributed by atoms with E-state index in [1.54, 1.807) is 12.1 Å². The Balaban J connectivity index is 2.18. The summed E-state index contributed by atoms with van der Waals surface area (Å²) in [5.74, 6) is 0.541. The summed E-state index contributed by atoms with van der Waals surface area (Å²) in [5, 5.41) is 11.0. The summed E-state index contributed by atoms with van der Waals surface area (Å²) in [7, 11) is 0. The zero-order chi connectivity index (χ0) is 14.4. The highest BCUT2D eigenvalue weighted by molar-refractivity contribution is 9.09. The number of benzene rings is 1. The summed E-state index contributed by atoms with van der Waals surface area (Å²) in [6.07, 6.45) is 0.703. The minimum Gasteiger partial charge on any atom is -0.258 e. The van der Waals surface area contributed by atoms with Gasteiger partial charge in [-0.15, -0.1) is 0 Å². The Morgan fingerprint density at radius 1 is 1.26 bits per heavy atom. The number of hydrogen-bond acceptors (Lipinski definition) is 2. The maximum atomic E-state index is 11.0. The van der Waals surface area contributed by atoms with Gasteiger partial charge in [-0.05, 0) is 23.2 Å². The van der Waals surface area contributed by atoms with Gasteiger partial charge in [0.25, 0.3) is 5.69 Å². The average Bonchev–Trinajstić information content (AvgIpc) is 2.69. The number of nitro benzene ring substituents is 1. The van der Waals surface area contributed by atoms with Crippen molar-refractivity contribution < 1.29 is 4.92 Å². The third-order valence-corrected chi connectivity index (χ3v) is 5.95.